The molecule has 44 valence electrons. The van der Waals surface area contributed by atoms with Crippen molar-refractivity contribution in [2.45, 2.75) is 10.8 Å². The molecule has 1 atom stereocenters. The Balaban J connectivity index is 2.77. The zero-order chi connectivity index (χ0) is 5.98. The van der Waals surface area contributed by atoms with Crippen molar-refractivity contribution in [3.8, 4) is 0 Å². The third kappa shape index (κ3) is 1.42. The summed E-state index contributed by atoms with van der Waals surface area (Å²) in [7, 11) is 0. The number of alkyl halides is 1. The van der Waals surface area contributed by atoms with Gasteiger partial charge in [-0.2, -0.15) is 0 Å². The molecule has 1 aromatic rings. The van der Waals surface area contributed by atoms with Crippen LogP contribution in [-0.2, 0) is 0 Å². The first-order chi connectivity index (χ1) is 3.80. The molecule has 0 saturated carbocycles. The second-order valence-corrected chi connectivity index (χ2v) is 4.31. The van der Waals surface area contributed by atoms with E-state index in [9.17, 15) is 0 Å². The van der Waals surface area contributed by atoms with E-state index in [2.05, 4.69) is 34.5 Å². The summed E-state index contributed by atoms with van der Waals surface area (Å²) in [5.74, 6) is 0. The molecule has 8 heavy (non-hydrogen) atoms. The van der Waals surface area contributed by atoms with Gasteiger partial charge in [-0.1, -0.05) is 22.6 Å². The van der Waals surface area contributed by atoms with E-state index in [1.807, 2.05) is 11.7 Å². The summed E-state index contributed by atoms with van der Waals surface area (Å²) in [6.07, 6.45) is 1.92. The molecule has 0 bridgehead atoms. The molecule has 0 aromatic carbocycles. The van der Waals surface area contributed by atoms with Crippen molar-refractivity contribution < 1.29 is 0 Å². The molecule has 1 aromatic heterocycles. The highest BCUT2D eigenvalue weighted by Gasteiger charge is 1.98. The smallest absolute Gasteiger partial charge is 0.0794 e. The molecule has 1 rings (SSSR count). The highest BCUT2D eigenvalue weighted by Crippen LogP contribution is 2.24. The Morgan fingerprint density at radius 2 is 2.62 bits per heavy atom. The van der Waals surface area contributed by atoms with Crippen molar-refractivity contribution in [2.75, 3.05) is 0 Å². The summed E-state index contributed by atoms with van der Waals surface area (Å²) in [5.41, 5.74) is 1.87. The lowest BCUT2D eigenvalue weighted by Gasteiger charge is -1.92. The second-order valence-electron chi connectivity index (χ2n) is 1.52. The zero-order valence-electron chi connectivity index (χ0n) is 4.47. The van der Waals surface area contributed by atoms with E-state index in [0.29, 0.717) is 3.92 Å². The van der Waals surface area contributed by atoms with Gasteiger partial charge in [0.2, 0.25) is 0 Å². The lowest BCUT2D eigenvalue weighted by atomic mass is 10.4. The molecule has 0 radical (unpaired) electrons. The molecule has 0 spiro atoms. The molecule has 0 aliphatic rings. The predicted molar refractivity (Wildman–Crippen MR) is 44.5 cm³/mol. The Morgan fingerprint density at radius 3 is 2.88 bits per heavy atom. The van der Waals surface area contributed by atoms with Crippen molar-refractivity contribution in [3.63, 3.8) is 0 Å². The number of halogens is 1. The first kappa shape index (κ1) is 6.48. The van der Waals surface area contributed by atoms with E-state index in [-0.39, 0.29) is 0 Å². The van der Waals surface area contributed by atoms with Crippen LogP contribution in [0.25, 0.3) is 0 Å². The van der Waals surface area contributed by atoms with Crippen LogP contribution in [0.4, 0.5) is 0 Å². The number of hydrogen-bond donors (Lipinski definition) is 0. The Kier molecular flexibility index (Phi) is 2.25. The number of rotatable bonds is 1. The fraction of sp³-hybridized carbons (Fsp3) is 0.400. The van der Waals surface area contributed by atoms with E-state index in [4.69, 9.17) is 0 Å². The van der Waals surface area contributed by atoms with Crippen LogP contribution >= 0.6 is 33.9 Å². The maximum Gasteiger partial charge on any atom is 0.0794 e. The number of aromatic nitrogens is 1. The van der Waals surface area contributed by atoms with Crippen LogP contribution < -0.4 is 0 Å². The molecule has 0 N–H and O–H groups in total. The SMILES string of the molecule is CC(I)c1cncs1. The van der Waals surface area contributed by atoms with Gasteiger partial charge in [0.05, 0.1) is 5.51 Å². The summed E-state index contributed by atoms with van der Waals surface area (Å²) in [6.45, 7) is 2.16. The monoisotopic (exact) mass is 239 g/mol. The van der Waals surface area contributed by atoms with Crippen LogP contribution in [-0.4, -0.2) is 4.98 Å². The van der Waals surface area contributed by atoms with Crippen LogP contribution in [0.15, 0.2) is 11.7 Å². The van der Waals surface area contributed by atoms with Crippen LogP contribution in [0.1, 0.15) is 15.7 Å². The fourth-order valence-electron chi connectivity index (χ4n) is 0.422. The maximum atomic E-state index is 3.96. The number of thiazole rings is 1. The normalized spacial score (nSPS) is 13.8. The van der Waals surface area contributed by atoms with Crippen molar-refractivity contribution in [3.05, 3.63) is 16.6 Å². The van der Waals surface area contributed by atoms with Gasteiger partial charge in [-0.25, -0.2) is 0 Å². The number of hydrogen-bond acceptors (Lipinski definition) is 2. The zero-order valence-corrected chi connectivity index (χ0v) is 7.44. The van der Waals surface area contributed by atoms with Crippen molar-refractivity contribution in [1.29, 1.82) is 0 Å². The van der Waals surface area contributed by atoms with Crippen molar-refractivity contribution in [1.82, 2.24) is 4.98 Å². The lowest BCUT2D eigenvalue weighted by Crippen LogP contribution is -1.72. The summed E-state index contributed by atoms with van der Waals surface area (Å²) in [5, 5.41) is 0. The van der Waals surface area contributed by atoms with Gasteiger partial charge in [0.25, 0.3) is 0 Å². The topological polar surface area (TPSA) is 12.9 Å². The minimum atomic E-state index is 0.611. The molecule has 0 aliphatic heterocycles. The summed E-state index contributed by atoms with van der Waals surface area (Å²) in [4.78, 5) is 5.31. The van der Waals surface area contributed by atoms with E-state index >= 15 is 0 Å². The standard InChI is InChI=1S/C5H6INS/c1-4(6)5-2-7-3-8-5/h2-4H,1H3. The van der Waals surface area contributed by atoms with Crippen LogP contribution in [0.3, 0.4) is 0 Å². The number of nitrogens with zero attached hydrogens (tertiary/aromatic N) is 1. The Hall–Kier alpha value is 0.360. The molecular formula is C5H6INS. The van der Waals surface area contributed by atoms with Gasteiger partial charge in [0.15, 0.2) is 0 Å². The largest absolute Gasteiger partial charge is 0.253 e. The van der Waals surface area contributed by atoms with Crippen LogP contribution in [0.5, 0.6) is 0 Å². The minimum Gasteiger partial charge on any atom is -0.253 e. The molecule has 1 nitrogen and oxygen atoms in total. The lowest BCUT2D eigenvalue weighted by molar-refractivity contribution is 1.17. The van der Waals surface area contributed by atoms with Crippen molar-refractivity contribution >= 4 is 33.9 Å². The van der Waals surface area contributed by atoms with Gasteiger partial charge < -0.3 is 0 Å². The van der Waals surface area contributed by atoms with E-state index in [0.717, 1.165) is 0 Å². The van der Waals surface area contributed by atoms with Gasteiger partial charge in [-0.3, -0.25) is 4.98 Å². The van der Waals surface area contributed by atoms with Gasteiger partial charge in [-0.15, -0.1) is 11.3 Å². The van der Waals surface area contributed by atoms with Crippen molar-refractivity contribution in [2.24, 2.45) is 0 Å². The molecule has 0 aliphatic carbocycles. The molecular weight excluding hydrogens is 233 g/mol. The molecule has 0 amide bonds. The molecule has 0 fully saturated rings. The highest BCUT2D eigenvalue weighted by molar-refractivity contribution is 14.1. The first-order valence-electron chi connectivity index (χ1n) is 2.33. The van der Waals surface area contributed by atoms with E-state index in [1.165, 1.54) is 4.88 Å². The molecule has 3 heteroatoms. The van der Waals surface area contributed by atoms with Crippen LogP contribution in [0, 0.1) is 0 Å². The highest BCUT2D eigenvalue weighted by atomic mass is 127. The van der Waals surface area contributed by atoms with Gasteiger partial charge >= 0.3 is 0 Å². The van der Waals surface area contributed by atoms with Gasteiger partial charge in [0.1, 0.15) is 0 Å². The first-order valence-corrected chi connectivity index (χ1v) is 4.45. The third-order valence-electron chi connectivity index (χ3n) is 0.843. The fourth-order valence-corrected chi connectivity index (χ4v) is 1.58. The quantitative estimate of drug-likeness (QED) is 0.542. The average Bonchev–Trinajstić information content (AvgIpc) is 2.12. The van der Waals surface area contributed by atoms with E-state index < -0.39 is 0 Å². The molecule has 1 heterocycles. The van der Waals surface area contributed by atoms with Crippen LogP contribution in [0.2, 0.25) is 0 Å². The Labute approximate surface area is 66.3 Å². The summed E-state index contributed by atoms with van der Waals surface area (Å²) < 4.78 is 0.611. The average molecular weight is 239 g/mol. The summed E-state index contributed by atoms with van der Waals surface area (Å²) in [6, 6.07) is 0. The Morgan fingerprint density at radius 1 is 1.88 bits per heavy atom. The van der Waals surface area contributed by atoms with E-state index in [1.54, 1.807) is 11.3 Å². The third-order valence-corrected chi connectivity index (χ3v) is 2.90. The maximum absolute atomic E-state index is 3.96. The second kappa shape index (κ2) is 2.77. The van der Waals surface area contributed by atoms with Gasteiger partial charge in [-0.05, 0) is 6.92 Å². The predicted octanol–water partition coefficient (Wildman–Crippen LogP) is 2.64. The van der Waals surface area contributed by atoms with Gasteiger partial charge in [0, 0.05) is 15.0 Å². The summed E-state index contributed by atoms with van der Waals surface area (Å²) >= 11 is 4.09. The molecule has 0 saturated heterocycles. The molecule has 1 unspecified atom stereocenters. The Bertz CT molecular complexity index is 147. The minimum absolute atomic E-state index is 0.611.